The van der Waals surface area contributed by atoms with Gasteiger partial charge in [-0.25, -0.2) is 0 Å². The van der Waals surface area contributed by atoms with E-state index < -0.39 is 0 Å². The Bertz CT molecular complexity index is 125. The Kier molecular flexibility index (Phi) is 4.50. The third-order valence-corrected chi connectivity index (χ3v) is 0.777. The second kappa shape index (κ2) is 5.09. The summed E-state index contributed by atoms with van der Waals surface area (Å²) in [6, 6.07) is 0. The standard InChI is InChI=1S/C7H12N2/c1-4-5-6-7(2)9-8-3/h5-6,9H,2-4H2,1H3/b6-5-. The van der Waals surface area contributed by atoms with Gasteiger partial charge in [0.05, 0.1) is 0 Å². The van der Waals surface area contributed by atoms with Gasteiger partial charge in [-0.3, -0.25) is 5.43 Å². The van der Waals surface area contributed by atoms with Crippen LogP contribution in [0.5, 0.6) is 0 Å². The molecule has 0 fully saturated rings. The lowest BCUT2D eigenvalue weighted by Crippen LogP contribution is -1.98. The first-order chi connectivity index (χ1) is 4.31. The van der Waals surface area contributed by atoms with E-state index in [-0.39, 0.29) is 0 Å². The van der Waals surface area contributed by atoms with E-state index in [9.17, 15) is 0 Å². The fourth-order valence-electron chi connectivity index (χ4n) is 0.399. The highest BCUT2D eigenvalue weighted by Gasteiger charge is 1.77. The lowest BCUT2D eigenvalue weighted by atomic mass is 10.4. The second-order valence-electron chi connectivity index (χ2n) is 1.61. The quantitative estimate of drug-likeness (QED) is 0.344. The van der Waals surface area contributed by atoms with Gasteiger partial charge in [0, 0.05) is 12.4 Å². The zero-order chi connectivity index (χ0) is 7.11. The fourth-order valence-corrected chi connectivity index (χ4v) is 0.399. The smallest absolute Gasteiger partial charge is 0.0486 e. The van der Waals surface area contributed by atoms with Crippen LogP contribution in [-0.4, -0.2) is 6.72 Å². The number of allylic oxidation sites excluding steroid dienone is 2. The van der Waals surface area contributed by atoms with Crippen molar-refractivity contribution < 1.29 is 0 Å². The van der Waals surface area contributed by atoms with E-state index in [0.717, 1.165) is 12.1 Å². The Hall–Kier alpha value is -1.05. The maximum absolute atomic E-state index is 3.65. The molecule has 0 radical (unpaired) electrons. The second-order valence-corrected chi connectivity index (χ2v) is 1.61. The Balaban J connectivity index is 3.49. The molecule has 0 saturated heterocycles. The summed E-state index contributed by atoms with van der Waals surface area (Å²) in [5, 5.41) is 3.44. The van der Waals surface area contributed by atoms with E-state index in [1.165, 1.54) is 0 Å². The first-order valence-electron chi connectivity index (χ1n) is 2.88. The normalized spacial score (nSPS) is 9.44. The highest BCUT2D eigenvalue weighted by Crippen LogP contribution is 1.87. The molecule has 0 atom stereocenters. The summed E-state index contributed by atoms with van der Waals surface area (Å²) in [5.41, 5.74) is 3.38. The maximum atomic E-state index is 3.65. The van der Waals surface area contributed by atoms with Gasteiger partial charge < -0.3 is 0 Å². The van der Waals surface area contributed by atoms with E-state index in [1.54, 1.807) is 0 Å². The van der Waals surface area contributed by atoms with Crippen LogP contribution in [-0.2, 0) is 0 Å². The van der Waals surface area contributed by atoms with Crippen molar-refractivity contribution in [3.05, 3.63) is 24.4 Å². The summed E-state index contributed by atoms with van der Waals surface area (Å²) in [6.45, 7) is 8.96. The number of hydrogen-bond donors (Lipinski definition) is 1. The Morgan fingerprint density at radius 3 is 2.89 bits per heavy atom. The SMILES string of the molecule is C=NNC(=C)/C=C\CC. The molecule has 50 valence electrons. The zero-order valence-electron chi connectivity index (χ0n) is 5.72. The number of nitrogens with one attached hydrogen (secondary N) is 1. The lowest BCUT2D eigenvalue weighted by Gasteiger charge is -1.93. The van der Waals surface area contributed by atoms with Crippen LogP contribution < -0.4 is 5.43 Å². The van der Waals surface area contributed by atoms with Crippen LogP contribution in [0.15, 0.2) is 29.5 Å². The molecule has 0 spiro atoms. The van der Waals surface area contributed by atoms with Gasteiger partial charge in [-0.15, -0.1) is 0 Å². The molecule has 0 heterocycles. The number of hydrogen-bond acceptors (Lipinski definition) is 2. The Morgan fingerprint density at radius 1 is 1.78 bits per heavy atom. The predicted octanol–water partition coefficient (Wildman–Crippen LogP) is 1.67. The van der Waals surface area contributed by atoms with Gasteiger partial charge in [0.15, 0.2) is 0 Å². The molecular weight excluding hydrogens is 112 g/mol. The Labute approximate surface area is 56.0 Å². The van der Waals surface area contributed by atoms with Gasteiger partial charge >= 0.3 is 0 Å². The summed E-state index contributed by atoms with van der Waals surface area (Å²) in [7, 11) is 0. The van der Waals surface area contributed by atoms with Gasteiger partial charge in [-0.05, 0) is 12.5 Å². The molecule has 2 nitrogen and oxygen atoms in total. The molecule has 2 heteroatoms. The average molecular weight is 124 g/mol. The lowest BCUT2D eigenvalue weighted by molar-refractivity contribution is 0.932. The van der Waals surface area contributed by atoms with Crippen molar-refractivity contribution in [3.63, 3.8) is 0 Å². The molecule has 0 aromatic heterocycles. The van der Waals surface area contributed by atoms with Gasteiger partial charge in [-0.1, -0.05) is 19.6 Å². The molecule has 1 N–H and O–H groups in total. The summed E-state index contributed by atoms with van der Waals surface area (Å²) >= 11 is 0. The molecular formula is C7H12N2. The first kappa shape index (κ1) is 7.95. The summed E-state index contributed by atoms with van der Waals surface area (Å²) in [4.78, 5) is 0. The molecule has 0 amide bonds. The van der Waals surface area contributed by atoms with Crippen LogP contribution in [0.3, 0.4) is 0 Å². The van der Waals surface area contributed by atoms with Crippen molar-refractivity contribution in [1.82, 2.24) is 5.43 Å². The molecule has 9 heavy (non-hydrogen) atoms. The summed E-state index contributed by atoms with van der Waals surface area (Å²) in [5.74, 6) is 0. The number of nitrogens with zero attached hydrogens (tertiary/aromatic N) is 1. The van der Waals surface area contributed by atoms with Crippen LogP contribution >= 0.6 is 0 Å². The minimum absolute atomic E-state index is 0.770. The Morgan fingerprint density at radius 2 is 2.44 bits per heavy atom. The number of hydrazone groups is 1. The van der Waals surface area contributed by atoms with Crippen molar-refractivity contribution >= 4 is 6.72 Å². The van der Waals surface area contributed by atoms with Gasteiger partial charge in [0.2, 0.25) is 0 Å². The van der Waals surface area contributed by atoms with Crippen LogP contribution in [0.1, 0.15) is 13.3 Å². The van der Waals surface area contributed by atoms with Gasteiger partial charge in [-0.2, -0.15) is 5.10 Å². The van der Waals surface area contributed by atoms with Crippen molar-refractivity contribution in [2.24, 2.45) is 5.10 Å². The molecule has 0 aliphatic rings. The van der Waals surface area contributed by atoms with E-state index in [1.807, 2.05) is 12.2 Å². The van der Waals surface area contributed by atoms with Gasteiger partial charge in [0.1, 0.15) is 0 Å². The van der Waals surface area contributed by atoms with Crippen molar-refractivity contribution in [1.29, 1.82) is 0 Å². The molecule has 0 bridgehead atoms. The minimum atomic E-state index is 0.770. The van der Waals surface area contributed by atoms with Crippen LogP contribution in [0, 0.1) is 0 Å². The van der Waals surface area contributed by atoms with Crippen LogP contribution in [0.2, 0.25) is 0 Å². The fraction of sp³-hybridized carbons (Fsp3) is 0.286. The molecule has 0 aromatic carbocycles. The molecule has 0 aromatic rings. The maximum Gasteiger partial charge on any atom is 0.0486 e. The minimum Gasteiger partial charge on any atom is -0.280 e. The van der Waals surface area contributed by atoms with Crippen LogP contribution in [0.25, 0.3) is 0 Å². The third-order valence-electron chi connectivity index (χ3n) is 0.777. The highest BCUT2D eigenvalue weighted by molar-refractivity contribution is 5.24. The van der Waals surface area contributed by atoms with Crippen molar-refractivity contribution in [2.45, 2.75) is 13.3 Å². The highest BCUT2D eigenvalue weighted by atomic mass is 15.3. The molecule has 0 unspecified atom stereocenters. The van der Waals surface area contributed by atoms with E-state index in [4.69, 9.17) is 0 Å². The van der Waals surface area contributed by atoms with Crippen LogP contribution in [0.4, 0.5) is 0 Å². The largest absolute Gasteiger partial charge is 0.280 e. The molecule has 0 aliphatic carbocycles. The van der Waals surface area contributed by atoms with E-state index >= 15 is 0 Å². The first-order valence-corrected chi connectivity index (χ1v) is 2.88. The summed E-state index contributed by atoms with van der Waals surface area (Å²) in [6.07, 6.45) is 4.88. The van der Waals surface area contributed by atoms with Crippen molar-refractivity contribution in [3.8, 4) is 0 Å². The van der Waals surface area contributed by atoms with Gasteiger partial charge in [0.25, 0.3) is 0 Å². The molecule has 0 saturated carbocycles. The zero-order valence-corrected chi connectivity index (χ0v) is 5.72. The van der Waals surface area contributed by atoms with E-state index in [0.29, 0.717) is 0 Å². The van der Waals surface area contributed by atoms with Crippen molar-refractivity contribution in [2.75, 3.05) is 0 Å². The topological polar surface area (TPSA) is 24.4 Å². The summed E-state index contributed by atoms with van der Waals surface area (Å²) < 4.78 is 0. The monoisotopic (exact) mass is 124 g/mol. The molecule has 0 rings (SSSR count). The van der Waals surface area contributed by atoms with E-state index in [2.05, 4.69) is 30.7 Å². The third kappa shape index (κ3) is 4.81. The average Bonchev–Trinajstić information content (AvgIpc) is 1.85. The molecule has 0 aliphatic heterocycles. The number of rotatable bonds is 4. The predicted molar refractivity (Wildman–Crippen MR) is 41.3 cm³/mol.